The number of aryl methyl sites for hydroxylation is 2. The Morgan fingerprint density at radius 2 is 2.39 bits per heavy atom. The van der Waals surface area contributed by atoms with Crippen molar-refractivity contribution in [2.75, 3.05) is 20.1 Å². The number of aliphatic hydroxyl groups excluding tert-OH is 1. The van der Waals surface area contributed by atoms with Crippen molar-refractivity contribution in [3.63, 3.8) is 0 Å². The van der Waals surface area contributed by atoms with Gasteiger partial charge in [0.2, 0.25) is 0 Å². The van der Waals surface area contributed by atoms with Crippen LogP contribution in [0, 0.1) is 6.92 Å². The largest absolute Gasteiger partial charge is 0.390 e. The van der Waals surface area contributed by atoms with Gasteiger partial charge in [0.1, 0.15) is 5.69 Å². The number of aliphatic hydroxyl groups is 1. The predicted octanol–water partition coefficient (Wildman–Crippen LogP) is -0.384. The van der Waals surface area contributed by atoms with E-state index < -0.39 is 6.10 Å². The van der Waals surface area contributed by atoms with E-state index in [-0.39, 0.29) is 11.9 Å². The lowest BCUT2D eigenvalue weighted by Gasteiger charge is -2.26. The van der Waals surface area contributed by atoms with Gasteiger partial charge in [-0.25, -0.2) is 0 Å². The summed E-state index contributed by atoms with van der Waals surface area (Å²) < 4.78 is 1.70. The predicted molar refractivity (Wildman–Crippen MR) is 67.4 cm³/mol. The Morgan fingerprint density at radius 1 is 1.67 bits per heavy atom. The maximum Gasteiger partial charge on any atom is 0.272 e. The summed E-state index contributed by atoms with van der Waals surface area (Å²) in [5.74, 6) is -0.0924. The molecule has 1 aromatic rings. The molecule has 1 saturated heterocycles. The Labute approximate surface area is 107 Å². The lowest BCUT2D eigenvalue weighted by Crippen LogP contribution is -2.44. The van der Waals surface area contributed by atoms with Gasteiger partial charge in [-0.05, 0) is 19.9 Å². The second-order valence-corrected chi connectivity index (χ2v) is 4.70. The first-order valence-electron chi connectivity index (χ1n) is 6.25. The van der Waals surface area contributed by atoms with Gasteiger partial charge in [0, 0.05) is 26.7 Å². The Kier molecular flexibility index (Phi) is 3.68. The molecule has 2 rings (SSSR count). The first-order chi connectivity index (χ1) is 8.54. The number of nitrogens with zero attached hydrogens (tertiary/aromatic N) is 3. The van der Waals surface area contributed by atoms with Crippen LogP contribution in [0.25, 0.3) is 0 Å². The van der Waals surface area contributed by atoms with Crippen LogP contribution >= 0.6 is 0 Å². The number of carbonyl (C=O) groups is 1. The van der Waals surface area contributed by atoms with E-state index in [4.69, 9.17) is 0 Å². The van der Waals surface area contributed by atoms with Crippen molar-refractivity contribution in [1.82, 2.24) is 20.0 Å². The third-order valence-electron chi connectivity index (χ3n) is 3.39. The lowest BCUT2D eigenvalue weighted by atomic mass is 10.2. The molecule has 0 bridgehead atoms. The molecule has 0 aromatic carbocycles. The second-order valence-electron chi connectivity index (χ2n) is 4.70. The first kappa shape index (κ1) is 13.0. The van der Waals surface area contributed by atoms with Crippen LogP contribution in [0.15, 0.2) is 6.07 Å². The fraction of sp³-hybridized carbons (Fsp3) is 0.667. The zero-order valence-corrected chi connectivity index (χ0v) is 11.1. The number of aromatic nitrogens is 2. The van der Waals surface area contributed by atoms with Crippen molar-refractivity contribution >= 4 is 5.91 Å². The van der Waals surface area contributed by atoms with Gasteiger partial charge in [-0.1, -0.05) is 0 Å². The number of rotatable bonds is 3. The van der Waals surface area contributed by atoms with Gasteiger partial charge < -0.3 is 15.3 Å². The number of β-amino-alcohol motifs (C(OH)–C–C–N with tert-alkyl or cyclic N) is 1. The maximum absolute atomic E-state index is 12.4. The third-order valence-corrected chi connectivity index (χ3v) is 3.39. The van der Waals surface area contributed by atoms with Crippen LogP contribution in [0.3, 0.4) is 0 Å². The van der Waals surface area contributed by atoms with Gasteiger partial charge in [0.25, 0.3) is 5.91 Å². The zero-order valence-electron chi connectivity index (χ0n) is 11.1. The van der Waals surface area contributed by atoms with E-state index in [0.717, 1.165) is 5.69 Å². The molecule has 6 heteroatoms. The van der Waals surface area contributed by atoms with Crippen LogP contribution in [-0.4, -0.2) is 58.0 Å². The van der Waals surface area contributed by atoms with E-state index >= 15 is 0 Å². The minimum Gasteiger partial charge on any atom is -0.390 e. The lowest BCUT2D eigenvalue weighted by molar-refractivity contribution is 0.0570. The van der Waals surface area contributed by atoms with Crippen LogP contribution < -0.4 is 5.32 Å². The van der Waals surface area contributed by atoms with Crippen molar-refractivity contribution in [3.05, 3.63) is 17.5 Å². The van der Waals surface area contributed by atoms with Gasteiger partial charge in [-0.15, -0.1) is 0 Å². The maximum atomic E-state index is 12.4. The van der Waals surface area contributed by atoms with Crippen molar-refractivity contribution in [3.8, 4) is 0 Å². The van der Waals surface area contributed by atoms with Crippen molar-refractivity contribution < 1.29 is 9.90 Å². The van der Waals surface area contributed by atoms with Crippen molar-refractivity contribution in [1.29, 1.82) is 0 Å². The molecule has 18 heavy (non-hydrogen) atoms. The smallest absolute Gasteiger partial charge is 0.272 e. The Morgan fingerprint density at radius 3 is 2.94 bits per heavy atom. The van der Waals surface area contributed by atoms with Gasteiger partial charge in [-0.2, -0.15) is 5.10 Å². The van der Waals surface area contributed by atoms with Crippen LogP contribution in [0.2, 0.25) is 0 Å². The standard InChI is InChI=1S/C12H20N4O2/c1-4-16-9(5-8(2)14-16)12(18)15(3)10-6-13-7-11(10)17/h5,10-11,13,17H,4,6-7H2,1-3H3/t10-,11-/m1/s1. The normalized spacial score (nSPS) is 23.3. The molecule has 2 N–H and O–H groups in total. The number of amides is 1. The Balaban J connectivity index is 2.19. The van der Waals surface area contributed by atoms with E-state index in [1.807, 2.05) is 13.8 Å². The topological polar surface area (TPSA) is 70.4 Å². The Hall–Kier alpha value is -1.40. The average Bonchev–Trinajstić information content (AvgIpc) is 2.93. The minimum absolute atomic E-state index is 0.0924. The van der Waals surface area contributed by atoms with Gasteiger partial charge in [0.15, 0.2) is 0 Å². The van der Waals surface area contributed by atoms with Crippen molar-refractivity contribution in [2.45, 2.75) is 32.5 Å². The van der Waals surface area contributed by atoms with Crippen LogP contribution in [0.1, 0.15) is 23.1 Å². The molecule has 6 nitrogen and oxygen atoms in total. The number of hydrogen-bond acceptors (Lipinski definition) is 4. The second kappa shape index (κ2) is 5.07. The Bertz CT molecular complexity index is 443. The van der Waals surface area contributed by atoms with E-state index in [1.54, 1.807) is 22.7 Å². The van der Waals surface area contributed by atoms with E-state index in [9.17, 15) is 9.90 Å². The molecular weight excluding hydrogens is 232 g/mol. The van der Waals surface area contributed by atoms with E-state index in [0.29, 0.717) is 25.3 Å². The molecule has 0 spiro atoms. The third kappa shape index (κ3) is 2.26. The molecular formula is C12H20N4O2. The fourth-order valence-corrected chi connectivity index (χ4v) is 2.34. The molecule has 1 fully saturated rings. The van der Waals surface area contributed by atoms with E-state index in [1.165, 1.54) is 0 Å². The van der Waals surface area contributed by atoms with Gasteiger partial charge in [-0.3, -0.25) is 9.48 Å². The molecule has 1 aliphatic rings. The summed E-state index contributed by atoms with van der Waals surface area (Å²) >= 11 is 0. The molecule has 2 atom stereocenters. The average molecular weight is 252 g/mol. The van der Waals surface area contributed by atoms with Gasteiger partial charge in [0.05, 0.1) is 17.8 Å². The summed E-state index contributed by atoms with van der Waals surface area (Å²) in [6.07, 6.45) is -0.502. The quantitative estimate of drug-likeness (QED) is 0.769. The molecule has 2 heterocycles. The highest BCUT2D eigenvalue weighted by Crippen LogP contribution is 2.13. The number of nitrogens with one attached hydrogen (secondary N) is 1. The number of likely N-dealkylation sites (N-methyl/N-ethyl adjacent to an activating group) is 1. The minimum atomic E-state index is -0.502. The summed E-state index contributed by atoms with van der Waals surface area (Å²) in [6.45, 7) is 5.65. The molecule has 1 aliphatic heterocycles. The summed E-state index contributed by atoms with van der Waals surface area (Å²) in [4.78, 5) is 14.0. The van der Waals surface area contributed by atoms with Crippen LogP contribution in [-0.2, 0) is 6.54 Å². The molecule has 0 saturated carbocycles. The van der Waals surface area contributed by atoms with Crippen LogP contribution in [0.5, 0.6) is 0 Å². The molecule has 100 valence electrons. The molecule has 0 radical (unpaired) electrons. The number of hydrogen-bond donors (Lipinski definition) is 2. The molecule has 1 aromatic heterocycles. The zero-order chi connectivity index (χ0) is 13.3. The highest BCUT2D eigenvalue weighted by Gasteiger charge is 2.32. The highest BCUT2D eigenvalue weighted by atomic mass is 16.3. The monoisotopic (exact) mass is 252 g/mol. The molecule has 1 amide bonds. The van der Waals surface area contributed by atoms with E-state index in [2.05, 4.69) is 10.4 Å². The number of carbonyl (C=O) groups excluding carboxylic acids is 1. The first-order valence-corrected chi connectivity index (χ1v) is 6.25. The summed E-state index contributed by atoms with van der Waals surface area (Å²) in [5, 5.41) is 17.2. The van der Waals surface area contributed by atoms with Crippen LogP contribution in [0.4, 0.5) is 0 Å². The fourth-order valence-electron chi connectivity index (χ4n) is 2.34. The highest BCUT2D eigenvalue weighted by molar-refractivity contribution is 5.92. The summed E-state index contributed by atoms with van der Waals surface area (Å²) in [7, 11) is 1.73. The molecule has 0 unspecified atom stereocenters. The van der Waals surface area contributed by atoms with Crippen molar-refractivity contribution in [2.24, 2.45) is 0 Å². The summed E-state index contributed by atoms with van der Waals surface area (Å²) in [5.41, 5.74) is 1.41. The molecule has 0 aliphatic carbocycles. The SMILES string of the molecule is CCn1nc(C)cc1C(=O)N(C)[C@@H]1CNC[C@H]1O. The van der Waals surface area contributed by atoms with Gasteiger partial charge >= 0.3 is 0 Å². The summed E-state index contributed by atoms with van der Waals surface area (Å²) in [6, 6.07) is 1.62.